The molecule has 0 unspecified atom stereocenters. The molecule has 6 rings (SSSR count). The van der Waals surface area contributed by atoms with Crippen molar-refractivity contribution in [2.75, 3.05) is 72.4 Å². The van der Waals surface area contributed by atoms with Crippen LogP contribution in [0.3, 0.4) is 0 Å². The first kappa shape index (κ1) is 40.4. The molecule has 0 aliphatic heterocycles. The van der Waals surface area contributed by atoms with Crippen LogP contribution < -0.4 is 16.0 Å². The minimum atomic E-state index is -0.609. The Morgan fingerprint density at radius 1 is 0.455 bits per heavy atom. The lowest BCUT2D eigenvalue weighted by atomic mass is 10.1. The zero-order valence-electron chi connectivity index (χ0n) is 32.1. The smallest absolute Gasteiger partial charge is 0.409 e. The molecule has 4 amide bonds. The molecule has 0 radical (unpaired) electrons. The summed E-state index contributed by atoms with van der Waals surface area (Å²) in [6, 6.07) is 0. The molecule has 3 N–H and O–H groups in total. The number of hydrogen-bond donors (Lipinski definition) is 3. The summed E-state index contributed by atoms with van der Waals surface area (Å²) < 4.78 is 27.4. The molecule has 0 saturated heterocycles. The third-order valence-corrected chi connectivity index (χ3v) is 12.3. The predicted molar refractivity (Wildman–Crippen MR) is 202 cm³/mol. The van der Waals surface area contributed by atoms with Crippen molar-refractivity contribution in [1.82, 2.24) is 20.9 Å². The van der Waals surface area contributed by atoms with E-state index in [0.29, 0.717) is 73.1 Å². The summed E-state index contributed by atoms with van der Waals surface area (Å²) in [5.41, 5.74) is 0. The highest BCUT2D eigenvalue weighted by Crippen LogP contribution is 2.54. The summed E-state index contributed by atoms with van der Waals surface area (Å²) in [5, 5.41) is 8.17. The van der Waals surface area contributed by atoms with Crippen LogP contribution in [0.15, 0.2) is 0 Å². The molecule has 300 valence electrons. The first-order chi connectivity index (χ1) is 27.0. The number of rotatable bonds is 18. The minimum Gasteiger partial charge on any atom is -0.449 e. The van der Waals surface area contributed by atoms with Crippen LogP contribution in [0, 0.1) is 88.8 Å². The summed E-state index contributed by atoms with van der Waals surface area (Å²) in [6.45, 7) is 2.38. The van der Waals surface area contributed by atoms with E-state index in [0.717, 1.165) is 77.0 Å². The number of carbonyl (C=O) groups is 4. The van der Waals surface area contributed by atoms with Crippen LogP contribution in [0.4, 0.5) is 19.2 Å². The molecule has 0 spiro atoms. The average Bonchev–Trinajstić information content (AvgIpc) is 4.09. The SMILES string of the molecule is O=C(NCCOCCOC(=O)N(CCNC(=O)OC[C@@H]1[C@@H]2CCC#CCC[C@@H]21)CCNC(=O)OC[C@@H]1[C@@H]2CCC#CCC[C@@H]21)OC[C@@H]1[C@@H]2CCC#CCC[C@@H]21. The third kappa shape index (κ3) is 12.9. The Bertz CT molecular complexity index is 1400. The molecule has 0 heterocycles. The fourth-order valence-corrected chi connectivity index (χ4v) is 9.00. The van der Waals surface area contributed by atoms with Crippen molar-refractivity contribution in [2.24, 2.45) is 53.3 Å². The van der Waals surface area contributed by atoms with Gasteiger partial charge in [0, 0.05) is 71.2 Å². The van der Waals surface area contributed by atoms with Gasteiger partial charge < -0.3 is 44.5 Å². The fourth-order valence-electron chi connectivity index (χ4n) is 9.00. The number of amides is 4. The normalized spacial score (nSPS) is 29.2. The summed E-state index contributed by atoms with van der Waals surface area (Å²) in [4.78, 5) is 51.6. The van der Waals surface area contributed by atoms with Gasteiger partial charge in [0.2, 0.25) is 0 Å². The van der Waals surface area contributed by atoms with Crippen molar-refractivity contribution < 1.29 is 42.9 Å². The second-order valence-electron chi connectivity index (χ2n) is 15.6. The number of fused-ring (bicyclic) bond motifs is 3. The topological polar surface area (TPSA) is 154 Å². The van der Waals surface area contributed by atoms with E-state index in [2.05, 4.69) is 51.5 Å². The molecule has 0 aromatic rings. The molecule has 3 fully saturated rings. The zero-order valence-corrected chi connectivity index (χ0v) is 32.1. The monoisotopic (exact) mass is 762 g/mol. The van der Waals surface area contributed by atoms with Gasteiger partial charge in [-0.05, 0) is 91.8 Å². The van der Waals surface area contributed by atoms with E-state index in [9.17, 15) is 19.2 Å². The minimum absolute atomic E-state index is 0.0115. The van der Waals surface area contributed by atoms with Gasteiger partial charge in [-0.2, -0.15) is 0 Å². The lowest BCUT2D eigenvalue weighted by molar-refractivity contribution is 0.0550. The van der Waals surface area contributed by atoms with Crippen LogP contribution in [0.25, 0.3) is 0 Å². The molecule has 13 nitrogen and oxygen atoms in total. The van der Waals surface area contributed by atoms with Gasteiger partial charge in [0.15, 0.2) is 0 Å². The van der Waals surface area contributed by atoms with Gasteiger partial charge in [0.05, 0.1) is 33.0 Å². The van der Waals surface area contributed by atoms with Crippen molar-refractivity contribution in [3.63, 3.8) is 0 Å². The number of nitrogens with zero attached hydrogens (tertiary/aromatic N) is 1. The lowest BCUT2D eigenvalue weighted by Gasteiger charge is -2.22. The van der Waals surface area contributed by atoms with Crippen LogP contribution in [0.1, 0.15) is 77.0 Å². The highest BCUT2D eigenvalue weighted by Gasteiger charge is 2.51. The van der Waals surface area contributed by atoms with E-state index >= 15 is 0 Å². The van der Waals surface area contributed by atoms with Crippen molar-refractivity contribution in [3.8, 4) is 35.5 Å². The van der Waals surface area contributed by atoms with Gasteiger partial charge in [-0.1, -0.05) is 0 Å². The highest BCUT2D eigenvalue weighted by atomic mass is 16.6. The first-order valence-electron chi connectivity index (χ1n) is 20.6. The van der Waals surface area contributed by atoms with Crippen LogP contribution >= 0.6 is 0 Å². The second-order valence-corrected chi connectivity index (χ2v) is 15.6. The van der Waals surface area contributed by atoms with Crippen LogP contribution in [0.2, 0.25) is 0 Å². The number of carbonyl (C=O) groups excluding carboxylic acids is 4. The molecule has 0 aromatic heterocycles. The van der Waals surface area contributed by atoms with Crippen LogP contribution in [-0.2, 0) is 23.7 Å². The molecule has 6 aliphatic rings. The lowest BCUT2D eigenvalue weighted by Crippen LogP contribution is -2.43. The summed E-state index contributed by atoms with van der Waals surface area (Å²) in [5.74, 6) is 23.9. The summed E-state index contributed by atoms with van der Waals surface area (Å²) >= 11 is 0. The van der Waals surface area contributed by atoms with Gasteiger partial charge in [-0.15, -0.1) is 35.5 Å². The Labute approximate surface area is 325 Å². The molecule has 0 aromatic carbocycles. The maximum atomic E-state index is 13.0. The predicted octanol–water partition coefficient (Wildman–Crippen LogP) is 4.94. The van der Waals surface area contributed by atoms with Crippen molar-refractivity contribution in [2.45, 2.75) is 77.0 Å². The molecule has 6 aliphatic carbocycles. The van der Waals surface area contributed by atoms with Gasteiger partial charge in [-0.3, -0.25) is 0 Å². The average molecular weight is 763 g/mol. The number of hydrogen-bond acceptors (Lipinski definition) is 9. The number of alkyl carbamates (subject to hydrolysis) is 3. The number of nitrogens with one attached hydrogen (secondary N) is 3. The summed E-state index contributed by atoms with van der Waals surface area (Å²) in [7, 11) is 0. The van der Waals surface area contributed by atoms with E-state index < -0.39 is 24.4 Å². The van der Waals surface area contributed by atoms with E-state index in [1.54, 1.807) is 0 Å². The van der Waals surface area contributed by atoms with Gasteiger partial charge >= 0.3 is 24.4 Å². The summed E-state index contributed by atoms with van der Waals surface area (Å²) in [6.07, 6.45) is 9.69. The maximum Gasteiger partial charge on any atom is 0.409 e. The molecule has 9 atom stereocenters. The Kier molecular flexibility index (Phi) is 15.5. The van der Waals surface area contributed by atoms with Gasteiger partial charge in [0.1, 0.15) is 6.61 Å². The Balaban J connectivity index is 0.840. The Morgan fingerprint density at radius 3 is 1.16 bits per heavy atom. The van der Waals surface area contributed by atoms with E-state index in [4.69, 9.17) is 23.7 Å². The second kappa shape index (κ2) is 21.1. The van der Waals surface area contributed by atoms with Crippen molar-refractivity contribution in [3.05, 3.63) is 0 Å². The fraction of sp³-hybridized carbons (Fsp3) is 0.762. The Morgan fingerprint density at radius 2 is 0.800 bits per heavy atom. The standard InChI is InChI=1S/C42H58N4O9/c47-39(53-27-36-30-13-7-1-2-8-14-31(30)36)43-19-22-46(23-20-44-40(48)54-28-37-32-15-9-3-4-10-16-33(32)37)42(50)52-26-25-51-24-21-45-41(49)55-29-38-34-17-11-5-6-12-18-35(34)38/h30-38H,7-29H2,(H,43,47)(H,44,48)(H,45,49)/t30-,31+,32-,33+,34-,35+,36-,37-,38-. The highest BCUT2D eigenvalue weighted by molar-refractivity contribution is 5.69. The quantitative estimate of drug-likeness (QED) is 0.100. The van der Waals surface area contributed by atoms with E-state index in [-0.39, 0.29) is 52.5 Å². The Hall–Kier alpha value is -4.28. The largest absolute Gasteiger partial charge is 0.449 e. The van der Waals surface area contributed by atoms with E-state index in [1.165, 1.54) is 4.90 Å². The zero-order chi connectivity index (χ0) is 38.2. The molecule has 0 bridgehead atoms. The van der Waals surface area contributed by atoms with Crippen molar-refractivity contribution >= 4 is 24.4 Å². The molecule has 13 heteroatoms. The number of ether oxygens (including phenoxy) is 5. The van der Waals surface area contributed by atoms with E-state index in [1.807, 2.05) is 0 Å². The first-order valence-corrected chi connectivity index (χ1v) is 20.6. The van der Waals surface area contributed by atoms with Gasteiger partial charge in [-0.25, -0.2) is 19.2 Å². The van der Waals surface area contributed by atoms with Crippen LogP contribution in [0.5, 0.6) is 0 Å². The maximum absolute atomic E-state index is 13.0. The molecular formula is C42H58N4O9. The van der Waals surface area contributed by atoms with Gasteiger partial charge in [0.25, 0.3) is 0 Å². The molecule has 3 saturated carbocycles. The van der Waals surface area contributed by atoms with Crippen molar-refractivity contribution in [1.29, 1.82) is 0 Å². The molecule has 55 heavy (non-hydrogen) atoms. The van der Waals surface area contributed by atoms with Crippen LogP contribution in [-0.4, -0.2) is 102 Å². The molecular weight excluding hydrogens is 704 g/mol. The third-order valence-electron chi connectivity index (χ3n) is 12.3.